The van der Waals surface area contributed by atoms with Crippen LogP contribution in [-0.4, -0.2) is 93.1 Å². The van der Waals surface area contributed by atoms with E-state index in [-0.39, 0.29) is 57.0 Å². The van der Waals surface area contributed by atoms with Crippen molar-refractivity contribution in [1.82, 2.24) is 19.9 Å². The molecular weight excluding hydrogens is 689 g/mol. The minimum atomic E-state index is -5.42. The van der Waals surface area contributed by atoms with Gasteiger partial charge in [0.25, 0.3) is 17.5 Å². The number of likely N-dealkylation sites (N-methyl/N-ethyl adjacent to an activating group) is 1. The van der Waals surface area contributed by atoms with Crippen molar-refractivity contribution in [2.75, 3.05) is 18.2 Å². The molecule has 0 saturated carbocycles. The van der Waals surface area contributed by atoms with Gasteiger partial charge in [-0.1, -0.05) is 5.16 Å². The third kappa shape index (κ3) is 9.18. The zero-order valence-corrected chi connectivity index (χ0v) is 28.7. The van der Waals surface area contributed by atoms with E-state index < -0.39 is 74.1 Å². The van der Waals surface area contributed by atoms with Crippen LogP contribution < -0.4 is 45.5 Å². The Morgan fingerprint density at radius 1 is 1.22 bits per heavy atom. The number of non-ortho nitro benzene ring substituents is 1. The van der Waals surface area contributed by atoms with Crippen molar-refractivity contribution in [3.63, 3.8) is 0 Å². The monoisotopic (exact) mass is 711 g/mol. The molecule has 46 heavy (non-hydrogen) atoms. The van der Waals surface area contributed by atoms with Gasteiger partial charge in [0.2, 0.25) is 17.4 Å². The van der Waals surface area contributed by atoms with E-state index in [0.29, 0.717) is 5.56 Å². The quantitative estimate of drug-likeness (QED) is 0.0265. The van der Waals surface area contributed by atoms with Crippen molar-refractivity contribution < 1.29 is 81.0 Å². The maximum Gasteiger partial charge on any atom is 1.00 e. The van der Waals surface area contributed by atoms with Crippen molar-refractivity contribution in [1.29, 1.82) is 0 Å². The van der Waals surface area contributed by atoms with Crippen LogP contribution >= 0.6 is 22.9 Å². The largest absolute Gasteiger partial charge is 1.00 e. The van der Waals surface area contributed by atoms with Gasteiger partial charge in [-0.2, -0.15) is 0 Å². The van der Waals surface area contributed by atoms with Gasteiger partial charge in [-0.15, -0.1) is 22.9 Å². The number of nitro groups is 1. The molecule has 1 aliphatic heterocycles. The van der Waals surface area contributed by atoms with E-state index in [2.05, 4.69) is 26.1 Å². The van der Waals surface area contributed by atoms with Crippen LogP contribution in [0, 0.1) is 10.1 Å². The van der Waals surface area contributed by atoms with E-state index in [0.717, 1.165) is 18.4 Å². The molecule has 1 saturated heterocycles. The molecule has 2 atom stereocenters. The molecule has 1 aliphatic rings. The third-order valence-electron chi connectivity index (χ3n) is 5.80. The summed E-state index contributed by atoms with van der Waals surface area (Å²) in [6, 6.07) is 1.43. The average molecular weight is 712 g/mol. The number of nitro benzene ring substituents is 1. The van der Waals surface area contributed by atoms with Crippen LogP contribution in [0.25, 0.3) is 0 Å². The molecule has 2 aromatic rings. The van der Waals surface area contributed by atoms with Gasteiger partial charge in [-0.3, -0.25) is 29.3 Å². The Morgan fingerprint density at radius 3 is 2.39 bits per heavy atom. The first kappa shape index (κ1) is 38.5. The normalized spacial score (nSPS) is 16.3. The van der Waals surface area contributed by atoms with Crippen molar-refractivity contribution in [3.8, 4) is 0 Å². The maximum atomic E-state index is 13.3. The summed E-state index contributed by atoms with van der Waals surface area (Å²) in [6.07, 6.45) is 0. The zero-order valence-electron chi connectivity index (χ0n) is 24.3. The Hall–Kier alpha value is -3.73. The molecule has 0 spiro atoms. The zero-order chi connectivity index (χ0) is 33.7. The minimum absolute atomic E-state index is 0. The Morgan fingerprint density at radius 2 is 1.85 bits per heavy atom. The number of carbonyl (C=O) groups excluding carboxylic acids is 5. The summed E-state index contributed by atoms with van der Waals surface area (Å²) < 4.78 is 39.5. The molecule has 23 heteroatoms. The van der Waals surface area contributed by atoms with Crippen LogP contribution in [-0.2, 0) is 50.5 Å². The van der Waals surface area contributed by atoms with Gasteiger partial charge in [0.1, 0.15) is 24.2 Å². The molecule has 1 fully saturated rings. The number of rotatable bonds is 13. The van der Waals surface area contributed by atoms with Gasteiger partial charge in [0, 0.05) is 24.6 Å². The summed E-state index contributed by atoms with van der Waals surface area (Å²) >= 11 is 6.30. The van der Waals surface area contributed by atoms with Crippen LogP contribution in [0.4, 0.5) is 10.8 Å². The fourth-order valence-electron chi connectivity index (χ4n) is 3.50. The first-order valence-corrected chi connectivity index (χ1v) is 15.1. The number of amides is 4. The number of carbonyl (C=O) groups is 5. The molecule has 19 nitrogen and oxygen atoms in total. The molecule has 1 aromatic carbocycles. The first-order valence-electron chi connectivity index (χ1n) is 12.3. The molecule has 0 radical (unpaired) electrons. The summed E-state index contributed by atoms with van der Waals surface area (Å²) in [7, 11) is -4.31. The van der Waals surface area contributed by atoms with Crippen molar-refractivity contribution in [2.45, 2.75) is 38.1 Å². The van der Waals surface area contributed by atoms with E-state index >= 15 is 0 Å². The Balaban J connectivity index is 0.00000736. The number of nitrogens with one attached hydrogen (secondary N) is 3. The second-order valence-corrected chi connectivity index (χ2v) is 11.7. The number of hydrogen-bond acceptors (Lipinski definition) is 15. The third-order valence-corrected chi connectivity index (χ3v) is 7.69. The molecule has 3 N–H and O–H groups in total. The van der Waals surface area contributed by atoms with Gasteiger partial charge in [-0.05, 0) is 31.5 Å². The fraction of sp³-hybridized carbons (Fsp3) is 0.348. The number of esters is 1. The average Bonchev–Trinajstić information content (AvgIpc) is 3.43. The smallest absolute Gasteiger partial charge is 0.731 e. The van der Waals surface area contributed by atoms with Crippen LogP contribution in [0.3, 0.4) is 0 Å². The predicted octanol–water partition coefficient (Wildman–Crippen LogP) is -3.62. The van der Waals surface area contributed by atoms with Gasteiger partial charge >= 0.3 is 35.5 Å². The Bertz CT molecular complexity index is 1670. The molecule has 0 aliphatic carbocycles. The summed E-state index contributed by atoms with van der Waals surface area (Å²) in [5.41, 5.74) is -2.58. The number of benzene rings is 1. The van der Waals surface area contributed by atoms with Gasteiger partial charge < -0.3 is 30.1 Å². The minimum Gasteiger partial charge on any atom is -0.731 e. The molecule has 3 rings (SSSR count). The number of β-lactam (4-membered cyclic amide) rings is 1. The van der Waals surface area contributed by atoms with Crippen LogP contribution in [0.2, 0.25) is 0 Å². The number of ether oxygens (including phenoxy) is 1. The van der Waals surface area contributed by atoms with Crippen LogP contribution in [0.15, 0.2) is 34.8 Å². The number of anilines is 1. The molecule has 1 aromatic heterocycles. The number of aromatic nitrogens is 1. The number of oxime groups is 1. The van der Waals surface area contributed by atoms with E-state index in [1.807, 2.05) is 0 Å². The summed E-state index contributed by atoms with van der Waals surface area (Å²) in [5, 5.41) is 22.3. The summed E-state index contributed by atoms with van der Waals surface area (Å²) in [4.78, 5) is 82.0. The standard InChI is InChI=1S/C23H24ClN7O12S2.Na/c1-23(2,21(36)42-9-11-4-6-12(7-5-11)31(37)38)43-29-15(13-10-44-22(26-13)27-14(32)8-24)18(33)28-16-17(19(34)25-3)30(20(16)35)45(39,40)41;/h4-7,10,16-17H,8-9H2,1-3H3,(H,25,34)(H,28,33)(H,26,27,32)(H,39,40,41);/q;+1/p-1/t16-,17-;/m1./s1. The van der Waals surface area contributed by atoms with E-state index in [9.17, 15) is 47.1 Å². The molecule has 242 valence electrons. The fourth-order valence-corrected chi connectivity index (χ4v) is 5.11. The van der Waals surface area contributed by atoms with E-state index in [1.54, 1.807) is 0 Å². The number of halogens is 1. The predicted molar refractivity (Wildman–Crippen MR) is 152 cm³/mol. The number of nitrogens with zero attached hydrogens (tertiary/aromatic N) is 4. The second kappa shape index (κ2) is 15.7. The topological polar surface area (TPSA) is 269 Å². The molecule has 4 amide bonds. The van der Waals surface area contributed by atoms with Crippen LogP contribution in [0.1, 0.15) is 25.1 Å². The first-order chi connectivity index (χ1) is 21.0. The van der Waals surface area contributed by atoms with E-state index in [4.69, 9.17) is 21.2 Å². The molecule has 2 heterocycles. The maximum absolute atomic E-state index is 13.3. The number of alkyl halides is 1. The SMILES string of the molecule is CNC(=O)[C@H]1[C@@H](NC(=O)C(=NOC(C)(C)C(=O)OCc2ccc([N+](=O)[O-])cc2)c2csc(NC(=O)CCl)n2)C(=O)N1S(=O)(=O)[O-].[Na+]. The van der Waals surface area contributed by atoms with Crippen LogP contribution in [0.5, 0.6) is 0 Å². The second-order valence-electron chi connectivity index (χ2n) is 9.36. The molecule has 0 bridgehead atoms. The van der Waals surface area contributed by atoms with Crippen molar-refractivity contribution >= 4 is 79.4 Å². The van der Waals surface area contributed by atoms with Gasteiger partial charge in [0.05, 0.1) is 4.92 Å². The summed E-state index contributed by atoms with van der Waals surface area (Å²) in [6.45, 7) is 2.15. The number of thiazole rings is 1. The van der Waals surface area contributed by atoms with E-state index in [1.165, 1.54) is 43.5 Å². The van der Waals surface area contributed by atoms with Crippen molar-refractivity contribution in [3.05, 3.63) is 51.0 Å². The molecule has 0 unspecified atom stereocenters. The van der Waals surface area contributed by atoms with Crippen molar-refractivity contribution in [2.24, 2.45) is 5.16 Å². The molecular formula is C23H23ClN7NaO12S2. The summed E-state index contributed by atoms with van der Waals surface area (Å²) in [5.74, 6) is -5.77. The Labute approximate surface area is 291 Å². The Kier molecular flexibility index (Phi) is 13.1. The van der Waals surface area contributed by atoms with Gasteiger partial charge in [-0.25, -0.2) is 22.5 Å². The van der Waals surface area contributed by atoms with Gasteiger partial charge in [0.15, 0.2) is 27.2 Å². The number of hydrogen-bond donors (Lipinski definition) is 3.